The van der Waals surface area contributed by atoms with Gasteiger partial charge in [0.2, 0.25) is 0 Å². The molecule has 1 heterocycles. The Labute approximate surface area is 108 Å². The molecule has 0 atom stereocenters. The minimum atomic E-state index is 0.467. The predicted molar refractivity (Wildman–Crippen MR) is 69.9 cm³/mol. The topological polar surface area (TPSA) is 29.0 Å². The Morgan fingerprint density at radius 1 is 1.35 bits per heavy atom. The van der Waals surface area contributed by atoms with Gasteiger partial charge in [-0.3, -0.25) is 4.90 Å². The summed E-state index contributed by atoms with van der Waals surface area (Å²) in [6, 6.07) is 4.56. The summed E-state index contributed by atoms with van der Waals surface area (Å²) in [7, 11) is 0. The van der Waals surface area contributed by atoms with Crippen LogP contribution < -0.4 is 0 Å². The third-order valence-corrected chi connectivity index (χ3v) is 3.31. The van der Waals surface area contributed by atoms with E-state index in [-0.39, 0.29) is 0 Å². The van der Waals surface area contributed by atoms with Crippen LogP contribution in [-0.4, -0.2) is 27.7 Å². The smallest absolute Gasteiger partial charge is 0.151 e. The highest BCUT2D eigenvalue weighted by atomic mass is 35.5. The van der Waals surface area contributed by atoms with Gasteiger partial charge < -0.3 is 0 Å². The fourth-order valence-electron chi connectivity index (χ4n) is 1.89. The van der Waals surface area contributed by atoms with E-state index in [0.29, 0.717) is 5.15 Å². The van der Waals surface area contributed by atoms with E-state index in [9.17, 15) is 0 Å². The van der Waals surface area contributed by atoms with Crippen LogP contribution in [0.3, 0.4) is 0 Å². The molecule has 0 saturated heterocycles. The monoisotopic (exact) mass is 253 g/mol. The average Bonchev–Trinajstić information content (AvgIpc) is 3.10. The van der Waals surface area contributed by atoms with Crippen LogP contribution in [0.1, 0.15) is 38.8 Å². The number of halogens is 1. The van der Waals surface area contributed by atoms with Crippen molar-refractivity contribution in [1.29, 1.82) is 0 Å². The minimum absolute atomic E-state index is 0.467. The standard InChI is InChI=1S/C13H20ClN3/c1-10(2)7-8-17(12-4-5-12)9-11-3-6-13(14)16-15-11/h3,6,10,12H,4-5,7-9H2,1-2H3. The maximum atomic E-state index is 5.74. The highest BCUT2D eigenvalue weighted by Gasteiger charge is 2.28. The Balaban J connectivity index is 1.90. The van der Waals surface area contributed by atoms with Crippen molar-refractivity contribution < 1.29 is 0 Å². The summed E-state index contributed by atoms with van der Waals surface area (Å²) in [5.74, 6) is 0.757. The normalized spacial score (nSPS) is 15.8. The third-order valence-electron chi connectivity index (χ3n) is 3.11. The summed E-state index contributed by atoms with van der Waals surface area (Å²) in [6.45, 7) is 6.61. The molecule has 0 radical (unpaired) electrons. The molecule has 2 rings (SSSR count). The molecule has 4 heteroatoms. The fraction of sp³-hybridized carbons (Fsp3) is 0.692. The molecule has 94 valence electrons. The molecular formula is C13H20ClN3. The van der Waals surface area contributed by atoms with Crippen LogP contribution in [0.2, 0.25) is 5.15 Å². The minimum Gasteiger partial charge on any atom is -0.294 e. The van der Waals surface area contributed by atoms with E-state index < -0.39 is 0 Å². The van der Waals surface area contributed by atoms with E-state index >= 15 is 0 Å². The fourth-order valence-corrected chi connectivity index (χ4v) is 1.99. The van der Waals surface area contributed by atoms with Crippen molar-refractivity contribution in [2.75, 3.05) is 6.54 Å². The molecule has 1 aliphatic rings. The predicted octanol–water partition coefficient (Wildman–Crippen LogP) is 3.14. The SMILES string of the molecule is CC(C)CCN(Cc1ccc(Cl)nn1)C1CC1. The van der Waals surface area contributed by atoms with Crippen LogP contribution in [0.5, 0.6) is 0 Å². The quantitative estimate of drug-likeness (QED) is 0.780. The van der Waals surface area contributed by atoms with Gasteiger partial charge in [0, 0.05) is 12.6 Å². The first-order chi connectivity index (χ1) is 8.15. The van der Waals surface area contributed by atoms with E-state index in [4.69, 9.17) is 11.6 Å². The maximum absolute atomic E-state index is 5.74. The zero-order valence-electron chi connectivity index (χ0n) is 10.6. The van der Waals surface area contributed by atoms with E-state index in [2.05, 4.69) is 28.9 Å². The highest BCUT2D eigenvalue weighted by Crippen LogP contribution is 2.28. The second kappa shape index (κ2) is 5.78. The van der Waals surface area contributed by atoms with E-state index in [0.717, 1.165) is 30.7 Å². The summed E-state index contributed by atoms with van der Waals surface area (Å²) in [5.41, 5.74) is 1.02. The molecule has 1 aromatic heterocycles. The van der Waals surface area contributed by atoms with Crippen LogP contribution in [0.4, 0.5) is 0 Å². The van der Waals surface area contributed by atoms with Gasteiger partial charge in [0.15, 0.2) is 5.15 Å². The van der Waals surface area contributed by atoms with Crippen molar-refractivity contribution >= 4 is 11.6 Å². The second-order valence-corrected chi connectivity index (χ2v) is 5.62. The molecule has 0 N–H and O–H groups in total. The Morgan fingerprint density at radius 3 is 2.65 bits per heavy atom. The number of aromatic nitrogens is 2. The molecule has 0 unspecified atom stereocenters. The molecule has 0 bridgehead atoms. The van der Waals surface area contributed by atoms with Gasteiger partial charge in [-0.25, -0.2) is 0 Å². The van der Waals surface area contributed by atoms with Gasteiger partial charge in [-0.1, -0.05) is 25.4 Å². The van der Waals surface area contributed by atoms with E-state index in [1.54, 1.807) is 0 Å². The van der Waals surface area contributed by atoms with Gasteiger partial charge in [0.1, 0.15) is 0 Å². The molecular weight excluding hydrogens is 234 g/mol. The Hall–Kier alpha value is -0.670. The zero-order chi connectivity index (χ0) is 12.3. The number of rotatable bonds is 6. The van der Waals surface area contributed by atoms with E-state index in [1.807, 2.05) is 12.1 Å². The molecule has 3 nitrogen and oxygen atoms in total. The maximum Gasteiger partial charge on any atom is 0.151 e. The molecule has 0 spiro atoms. The molecule has 1 aromatic rings. The van der Waals surface area contributed by atoms with Crippen molar-refractivity contribution in [2.24, 2.45) is 5.92 Å². The molecule has 1 fully saturated rings. The molecule has 1 saturated carbocycles. The lowest BCUT2D eigenvalue weighted by Gasteiger charge is -2.22. The average molecular weight is 254 g/mol. The van der Waals surface area contributed by atoms with Crippen molar-refractivity contribution in [3.63, 3.8) is 0 Å². The summed E-state index contributed by atoms with van der Waals surface area (Å²) >= 11 is 5.74. The number of hydrogen-bond acceptors (Lipinski definition) is 3. The van der Waals surface area contributed by atoms with Gasteiger partial charge in [0.05, 0.1) is 5.69 Å². The van der Waals surface area contributed by atoms with Crippen molar-refractivity contribution in [2.45, 2.75) is 45.7 Å². The molecule has 0 aliphatic heterocycles. The third kappa shape index (κ3) is 4.25. The van der Waals surface area contributed by atoms with Crippen LogP contribution in [0, 0.1) is 5.92 Å². The first kappa shape index (κ1) is 12.8. The Bertz CT molecular complexity index is 346. The van der Waals surface area contributed by atoms with Crippen molar-refractivity contribution in [3.05, 3.63) is 23.0 Å². The highest BCUT2D eigenvalue weighted by molar-refractivity contribution is 6.29. The van der Waals surface area contributed by atoms with Crippen molar-refractivity contribution in [1.82, 2.24) is 15.1 Å². The zero-order valence-corrected chi connectivity index (χ0v) is 11.3. The van der Waals surface area contributed by atoms with Gasteiger partial charge in [-0.2, -0.15) is 5.10 Å². The molecule has 0 aromatic carbocycles. The molecule has 1 aliphatic carbocycles. The van der Waals surface area contributed by atoms with E-state index in [1.165, 1.54) is 19.3 Å². The largest absolute Gasteiger partial charge is 0.294 e. The first-order valence-electron chi connectivity index (χ1n) is 6.37. The second-order valence-electron chi connectivity index (χ2n) is 5.23. The Morgan fingerprint density at radius 2 is 2.12 bits per heavy atom. The lowest BCUT2D eigenvalue weighted by Crippen LogP contribution is -2.28. The van der Waals surface area contributed by atoms with Gasteiger partial charge >= 0.3 is 0 Å². The van der Waals surface area contributed by atoms with Gasteiger partial charge in [0.25, 0.3) is 0 Å². The summed E-state index contributed by atoms with van der Waals surface area (Å²) in [4.78, 5) is 2.53. The summed E-state index contributed by atoms with van der Waals surface area (Å²) in [5, 5.41) is 8.49. The first-order valence-corrected chi connectivity index (χ1v) is 6.75. The van der Waals surface area contributed by atoms with Crippen LogP contribution in [0.25, 0.3) is 0 Å². The van der Waals surface area contributed by atoms with Crippen LogP contribution in [0.15, 0.2) is 12.1 Å². The Kier molecular flexibility index (Phi) is 4.35. The number of nitrogens with zero attached hydrogens (tertiary/aromatic N) is 3. The van der Waals surface area contributed by atoms with Gasteiger partial charge in [-0.15, -0.1) is 5.10 Å². The lowest BCUT2D eigenvalue weighted by molar-refractivity contribution is 0.236. The van der Waals surface area contributed by atoms with Gasteiger partial charge in [-0.05, 0) is 43.9 Å². The van der Waals surface area contributed by atoms with Crippen molar-refractivity contribution in [3.8, 4) is 0 Å². The lowest BCUT2D eigenvalue weighted by atomic mass is 10.1. The summed E-state index contributed by atoms with van der Waals surface area (Å²) in [6.07, 6.45) is 3.91. The molecule has 0 amide bonds. The summed E-state index contributed by atoms with van der Waals surface area (Å²) < 4.78 is 0. The number of hydrogen-bond donors (Lipinski definition) is 0. The van der Waals surface area contributed by atoms with Crippen LogP contribution in [-0.2, 0) is 6.54 Å². The molecule has 17 heavy (non-hydrogen) atoms. The van der Waals surface area contributed by atoms with Crippen LogP contribution >= 0.6 is 11.6 Å².